The van der Waals surface area contributed by atoms with E-state index in [0.29, 0.717) is 17.1 Å². The van der Waals surface area contributed by atoms with Crippen LogP contribution in [0.2, 0.25) is 0 Å². The zero-order chi connectivity index (χ0) is 19.2. The van der Waals surface area contributed by atoms with Gasteiger partial charge in [0.2, 0.25) is 19.2 Å². The number of ether oxygens (including phenoxy) is 4. The van der Waals surface area contributed by atoms with E-state index < -0.39 is 18.0 Å². The van der Waals surface area contributed by atoms with Crippen molar-refractivity contribution in [2.45, 2.75) is 32.4 Å². The predicted molar refractivity (Wildman–Crippen MR) is 92.9 cm³/mol. The number of nitrogens with zero attached hydrogens (tertiary/aromatic N) is 2. The molecule has 0 radical (unpaired) electrons. The van der Waals surface area contributed by atoms with Gasteiger partial charge >= 0.3 is 11.9 Å². The molecule has 2 aromatic rings. The number of carbonyl (C=O) groups is 2. The van der Waals surface area contributed by atoms with Crippen molar-refractivity contribution in [3.63, 3.8) is 0 Å². The van der Waals surface area contributed by atoms with Crippen LogP contribution in [-0.2, 0) is 32.7 Å². The Morgan fingerprint density at radius 1 is 1.30 bits per heavy atom. The highest BCUT2D eigenvalue weighted by Gasteiger charge is 2.29. The Balaban J connectivity index is 1.74. The van der Waals surface area contributed by atoms with Gasteiger partial charge in [-0.05, 0) is 18.6 Å². The molecule has 0 amide bonds. The van der Waals surface area contributed by atoms with Crippen LogP contribution >= 0.6 is 0 Å². The van der Waals surface area contributed by atoms with Crippen molar-refractivity contribution in [1.82, 2.24) is 4.57 Å². The number of fused-ring (bicyclic) bond motifs is 1. The second kappa shape index (κ2) is 8.57. The van der Waals surface area contributed by atoms with Crippen LogP contribution in [-0.4, -0.2) is 29.9 Å². The van der Waals surface area contributed by atoms with Gasteiger partial charge in [-0.1, -0.05) is 19.4 Å². The molecule has 1 aromatic carbocycles. The monoisotopic (exact) mass is 375 g/mol. The second-order valence-corrected chi connectivity index (χ2v) is 6.26. The van der Waals surface area contributed by atoms with Gasteiger partial charge < -0.3 is 18.9 Å². The average Bonchev–Trinajstić information content (AvgIpc) is 3.27. The number of carbonyl (C=O) groups excluding carboxylic acids is 2. The van der Waals surface area contributed by atoms with Gasteiger partial charge in [0, 0.05) is 5.56 Å². The number of imidazole rings is 1. The highest BCUT2D eigenvalue weighted by Crippen LogP contribution is 2.35. The summed E-state index contributed by atoms with van der Waals surface area (Å²) in [5.74, 6) is -0.0506. The predicted octanol–water partition coefficient (Wildman–Crippen LogP) is 1.67. The number of hydrogen-bond donors (Lipinski definition) is 0. The molecule has 2 heterocycles. The first-order chi connectivity index (χ1) is 13.1. The third-order valence-corrected chi connectivity index (χ3v) is 4.04. The molecule has 1 aliphatic rings. The van der Waals surface area contributed by atoms with Crippen molar-refractivity contribution in [2.24, 2.45) is 7.05 Å². The lowest BCUT2D eigenvalue weighted by Gasteiger charge is -2.17. The molecule has 0 bridgehead atoms. The van der Waals surface area contributed by atoms with Crippen LogP contribution in [0.15, 0.2) is 36.9 Å². The summed E-state index contributed by atoms with van der Waals surface area (Å²) in [7, 11) is 1.85. The number of aromatic nitrogens is 2. The Kier molecular flexibility index (Phi) is 5.95. The van der Waals surface area contributed by atoms with Crippen LogP contribution < -0.4 is 14.0 Å². The molecule has 1 atom stereocenters. The first-order valence-electron chi connectivity index (χ1n) is 8.83. The standard InChI is InChI=1S/C19H23N2O6/c1-3-4-9-24-19(23)18(14-5-6-15-16(10-14)26-13-25-15)27-17(22)11-21-8-7-20(2)12-21/h5-8,10,12,18H,3-4,9,11,13H2,1-2H3/q+1. The molecule has 8 heteroatoms. The van der Waals surface area contributed by atoms with Gasteiger partial charge in [0.05, 0.1) is 13.7 Å². The van der Waals surface area contributed by atoms with Gasteiger partial charge in [0.1, 0.15) is 12.4 Å². The molecule has 0 fully saturated rings. The Hall–Kier alpha value is -3.03. The van der Waals surface area contributed by atoms with E-state index >= 15 is 0 Å². The highest BCUT2D eigenvalue weighted by atomic mass is 16.7. The van der Waals surface area contributed by atoms with E-state index in [1.165, 1.54) is 0 Å². The van der Waals surface area contributed by atoms with E-state index in [-0.39, 0.29) is 19.9 Å². The molecule has 1 unspecified atom stereocenters. The van der Waals surface area contributed by atoms with Gasteiger partial charge in [-0.2, -0.15) is 0 Å². The molecule has 0 spiro atoms. The number of esters is 2. The Morgan fingerprint density at radius 2 is 2.11 bits per heavy atom. The van der Waals surface area contributed by atoms with Crippen LogP contribution in [0, 0.1) is 0 Å². The van der Waals surface area contributed by atoms with Gasteiger partial charge in [-0.25, -0.2) is 18.7 Å². The molecule has 0 aliphatic carbocycles. The van der Waals surface area contributed by atoms with Gasteiger partial charge in [-0.3, -0.25) is 0 Å². The molecule has 1 aliphatic heterocycles. The lowest BCUT2D eigenvalue weighted by Crippen LogP contribution is -2.37. The number of aryl methyl sites for hydroxylation is 1. The molecule has 0 N–H and O–H groups in total. The summed E-state index contributed by atoms with van der Waals surface area (Å²) < 4.78 is 24.8. The Labute approximate surface area is 157 Å². The minimum Gasteiger partial charge on any atom is -0.463 e. The van der Waals surface area contributed by atoms with E-state index in [1.807, 2.05) is 24.7 Å². The van der Waals surface area contributed by atoms with Crippen molar-refractivity contribution >= 4 is 11.9 Å². The van der Waals surface area contributed by atoms with Crippen LogP contribution in [0.25, 0.3) is 0 Å². The maximum absolute atomic E-state index is 12.5. The second-order valence-electron chi connectivity index (χ2n) is 6.26. The fourth-order valence-corrected chi connectivity index (χ4v) is 2.63. The molecule has 1 aromatic heterocycles. The lowest BCUT2D eigenvalue weighted by atomic mass is 10.1. The number of hydrogen-bond acceptors (Lipinski definition) is 6. The minimum atomic E-state index is -1.16. The van der Waals surface area contributed by atoms with E-state index in [9.17, 15) is 9.59 Å². The van der Waals surface area contributed by atoms with E-state index in [1.54, 1.807) is 35.3 Å². The van der Waals surface area contributed by atoms with Crippen molar-refractivity contribution in [1.29, 1.82) is 0 Å². The summed E-state index contributed by atoms with van der Waals surface area (Å²) in [6, 6.07) is 4.99. The van der Waals surface area contributed by atoms with Crippen LogP contribution in [0.4, 0.5) is 0 Å². The van der Waals surface area contributed by atoms with Crippen LogP contribution in [0.3, 0.4) is 0 Å². The molecular formula is C19H23N2O6+. The molecular weight excluding hydrogens is 352 g/mol. The van der Waals surface area contributed by atoms with Crippen molar-refractivity contribution in [2.75, 3.05) is 13.4 Å². The van der Waals surface area contributed by atoms with Crippen molar-refractivity contribution in [3.8, 4) is 11.5 Å². The fraction of sp³-hybridized carbons (Fsp3) is 0.421. The summed E-state index contributed by atoms with van der Waals surface area (Å²) in [5.41, 5.74) is 0.479. The molecule has 0 saturated carbocycles. The van der Waals surface area contributed by atoms with Gasteiger partial charge in [0.15, 0.2) is 18.0 Å². The summed E-state index contributed by atoms with van der Waals surface area (Å²) >= 11 is 0. The van der Waals surface area contributed by atoms with E-state index in [4.69, 9.17) is 18.9 Å². The van der Waals surface area contributed by atoms with Crippen molar-refractivity contribution < 1.29 is 33.1 Å². The quantitative estimate of drug-likeness (QED) is 0.397. The van der Waals surface area contributed by atoms with Crippen LogP contribution in [0.1, 0.15) is 31.4 Å². The smallest absolute Gasteiger partial charge is 0.352 e. The third kappa shape index (κ3) is 4.78. The molecule has 3 rings (SSSR count). The molecule has 27 heavy (non-hydrogen) atoms. The minimum absolute atomic E-state index is 0.00979. The van der Waals surface area contributed by atoms with Gasteiger partial charge in [-0.15, -0.1) is 0 Å². The summed E-state index contributed by atoms with van der Waals surface area (Å²) in [4.78, 5) is 24.9. The van der Waals surface area contributed by atoms with Crippen molar-refractivity contribution in [3.05, 3.63) is 42.5 Å². The summed E-state index contributed by atoms with van der Waals surface area (Å²) in [6.45, 7) is 2.39. The topological polar surface area (TPSA) is 79.9 Å². The molecule has 8 nitrogen and oxygen atoms in total. The summed E-state index contributed by atoms with van der Waals surface area (Å²) in [6.07, 6.45) is 5.78. The first kappa shape index (κ1) is 18.8. The zero-order valence-electron chi connectivity index (χ0n) is 15.4. The number of benzene rings is 1. The first-order valence-corrected chi connectivity index (χ1v) is 8.83. The van der Waals surface area contributed by atoms with Gasteiger partial charge in [0.25, 0.3) is 0 Å². The Morgan fingerprint density at radius 3 is 2.85 bits per heavy atom. The number of rotatable bonds is 8. The number of unbranched alkanes of at least 4 members (excludes halogenated alkanes) is 1. The fourth-order valence-electron chi connectivity index (χ4n) is 2.63. The third-order valence-electron chi connectivity index (χ3n) is 4.04. The average molecular weight is 375 g/mol. The highest BCUT2D eigenvalue weighted by molar-refractivity contribution is 5.80. The largest absolute Gasteiger partial charge is 0.463 e. The maximum Gasteiger partial charge on any atom is 0.352 e. The molecule has 0 saturated heterocycles. The van der Waals surface area contributed by atoms with Crippen LogP contribution in [0.5, 0.6) is 11.5 Å². The lowest BCUT2D eigenvalue weighted by molar-refractivity contribution is -0.685. The molecule has 144 valence electrons. The Bertz CT molecular complexity index is 816. The van der Waals surface area contributed by atoms with E-state index in [2.05, 4.69) is 0 Å². The summed E-state index contributed by atoms with van der Waals surface area (Å²) in [5, 5.41) is 0. The van der Waals surface area contributed by atoms with E-state index in [0.717, 1.165) is 12.8 Å². The zero-order valence-corrected chi connectivity index (χ0v) is 15.4. The normalized spacial score (nSPS) is 13.3. The SMILES string of the molecule is CCCCOC(=O)C(OC(=O)C[n+]1ccn(C)c1)c1ccc2c(c1)OCO2. The maximum atomic E-state index is 12.5.